The largest absolute Gasteiger partial charge is 0.356 e. The van der Waals surface area contributed by atoms with E-state index in [9.17, 15) is 4.79 Å². The molecule has 0 radical (unpaired) electrons. The Morgan fingerprint density at radius 3 is 3.17 bits per heavy atom. The van der Waals surface area contributed by atoms with Gasteiger partial charge in [0.05, 0.1) is 11.6 Å². The van der Waals surface area contributed by atoms with Crippen molar-refractivity contribution in [1.82, 2.24) is 24.9 Å². The van der Waals surface area contributed by atoms with Gasteiger partial charge in [0.25, 0.3) is 5.78 Å². The molecule has 122 valence electrons. The van der Waals surface area contributed by atoms with Crippen molar-refractivity contribution in [3.05, 3.63) is 17.6 Å². The van der Waals surface area contributed by atoms with Crippen LogP contribution < -0.4 is 10.2 Å². The number of anilines is 1. The monoisotopic (exact) mass is 314 g/mol. The van der Waals surface area contributed by atoms with Crippen LogP contribution in [0.5, 0.6) is 0 Å². The van der Waals surface area contributed by atoms with Crippen LogP contribution in [-0.4, -0.2) is 45.1 Å². The number of piperidine rings is 1. The zero-order chi connectivity index (χ0) is 15.8. The van der Waals surface area contributed by atoms with Gasteiger partial charge in [0.2, 0.25) is 5.91 Å². The number of hydrogen-bond acceptors (Lipinski definition) is 5. The smallest absolute Gasteiger partial charge is 0.254 e. The third-order valence-electron chi connectivity index (χ3n) is 4.87. The Labute approximate surface area is 135 Å². The maximum Gasteiger partial charge on any atom is 0.254 e. The highest BCUT2D eigenvalue weighted by Gasteiger charge is 2.30. The molecule has 3 heterocycles. The minimum atomic E-state index is 0.0486. The lowest BCUT2D eigenvalue weighted by atomic mass is 9.96. The van der Waals surface area contributed by atoms with Gasteiger partial charge in [-0.2, -0.15) is 14.6 Å². The first-order chi connectivity index (χ1) is 11.3. The second kappa shape index (κ2) is 5.79. The minimum absolute atomic E-state index is 0.0486. The molecule has 1 saturated heterocycles. The van der Waals surface area contributed by atoms with E-state index in [4.69, 9.17) is 0 Å². The van der Waals surface area contributed by atoms with Gasteiger partial charge in [-0.25, -0.2) is 4.98 Å². The van der Waals surface area contributed by atoms with Crippen molar-refractivity contribution in [2.75, 3.05) is 24.5 Å². The third-order valence-corrected chi connectivity index (χ3v) is 4.87. The molecule has 7 nitrogen and oxygen atoms in total. The molecule has 1 aliphatic heterocycles. The summed E-state index contributed by atoms with van der Waals surface area (Å²) >= 11 is 0. The second-order valence-electron chi connectivity index (χ2n) is 6.37. The zero-order valence-corrected chi connectivity index (χ0v) is 13.5. The van der Waals surface area contributed by atoms with Crippen LogP contribution in [-0.2, 0) is 17.6 Å². The Morgan fingerprint density at radius 2 is 2.30 bits per heavy atom. The fourth-order valence-electron chi connectivity index (χ4n) is 3.83. The van der Waals surface area contributed by atoms with Crippen LogP contribution in [0.2, 0.25) is 0 Å². The van der Waals surface area contributed by atoms with E-state index in [1.165, 1.54) is 5.56 Å². The van der Waals surface area contributed by atoms with Gasteiger partial charge in [0.1, 0.15) is 12.1 Å². The number of amides is 1. The summed E-state index contributed by atoms with van der Waals surface area (Å²) in [6.45, 7) is 4.36. The maximum absolute atomic E-state index is 12.2. The van der Waals surface area contributed by atoms with Crippen LogP contribution in [0.4, 0.5) is 5.82 Å². The van der Waals surface area contributed by atoms with Gasteiger partial charge < -0.3 is 10.2 Å². The van der Waals surface area contributed by atoms with Crippen molar-refractivity contribution in [3.8, 4) is 0 Å². The van der Waals surface area contributed by atoms with Gasteiger partial charge in [-0.05, 0) is 39.0 Å². The first-order valence-corrected chi connectivity index (χ1v) is 8.52. The quantitative estimate of drug-likeness (QED) is 0.913. The maximum atomic E-state index is 12.2. The van der Waals surface area contributed by atoms with Gasteiger partial charge in [-0.3, -0.25) is 4.79 Å². The lowest BCUT2D eigenvalue weighted by molar-refractivity contribution is -0.125. The Kier molecular flexibility index (Phi) is 3.63. The summed E-state index contributed by atoms with van der Waals surface area (Å²) in [6, 6.07) is 0. The lowest BCUT2D eigenvalue weighted by Crippen LogP contribution is -2.44. The molecule has 1 atom stereocenters. The SMILES string of the molecule is CCNC(=O)[C@H]1CCCN(c2c3c(nc4ncnn24)CCC3)C1. The highest BCUT2D eigenvalue weighted by molar-refractivity contribution is 5.79. The predicted molar refractivity (Wildman–Crippen MR) is 86.4 cm³/mol. The molecule has 0 spiro atoms. The third kappa shape index (κ3) is 2.44. The molecule has 23 heavy (non-hydrogen) atoms. The Hall–Kier alpha value is -2.18. The van der Waals surface area contributed by atoms with Crippen molar-refractivity contribution < 1.29 is 4.79 Å². The number of fused-ring (bicyclic) bond motifs is 2. The molecule has 2 aromatic heterocycles. The average Bonchev–Trinajstić information content (AvgIpc) is 3.21. The number of carbonyl (C=O) groups is 1. The van der Waals surface area contributed by atoms with E-state index in [1.807, 2.05) is 11.4 Å². The normalized spacial score (nSPS) is 20.7. The molecule has 0 bridgehead atoms. The van der Waals surface area contributed by atoms with Gasteiger partial charge in [-0.15, -0.1) is 0 Å². The predicted octanol–water partition coefficient (Wildman–Crippen LogP) is 0.965. The molecule has 1 amide bonds. The van der Waals surface area contributed by atoms with Crippen LogP contribution >= 0.6 is 0 Å². The Balaban J connectivity index is 1.71. The number of aromatic nitrogens is 4. The van der Waals surface area contributed by atoms with Crippen LogP contribution in [0.3, 0.4) is 0 Å². The Morgan fingerprint density at radius 1 is 1.39 bits per heavy atom. The summed E-state index contributed by atoms with van der Waals surface area (Å²) in [5.41, 5.74) is 2.44. The fourth-order valence-corrected chi connectivity index (χ4v) is 3.83. The summed E-state index contributed by atoms with van der Waals surface area (Å²) in [7, 11) is 0. The summed E-state index contributed by atoms with van der Waals surface area (Å²) in [5, 5.41) is 7.34. The van der Waals surface area contributed by atoms with Crippen LogP contribution in [0.25, 0.3) is 5.78 Å². The molecular weight excluding hydrogens is 292 g/mol. The highest BCUT2D eigenvalue weighted by atomic mass is 16.1. The summed E-state index contributed by atoms with van der Waals surface area (Å²) in [4.78, 5) is 23.5. The van der Waals surface area contributed by atoms with Crippen molar-refractivity contribution in [3.63, 3.8) is 0 Å². The lowest BCUT2D eigenvalue weighted by Gasteiger charge is -2.34. The zero-order valence-electron chi connectivity index (χ0n) is 13.5. The van der Waals surface area contributed by atoms with E-state index in [0.717, 1.165) is 56.7 Å². The molecule has 4 rings (SSSR count). The van der Waals surface area contributed by atoms with Gasteiger partial charge in [0.15, 0.2) is 0 Å². The first kappa shape index (κ1) is 14.4. The molecule has 2 aromatic rings. The molecular formula is C16H22N6O. The van der Waals surface area contributed by atoms with E-state index in [-0.39, 0.29) is 11.8 Å². The number of nitrogens with one attached hydrogen (secondary N) is 1. The van der Waals surface area contributed by atoms with Gasteiger partial charge in [-0.1, -0.05) is 0 Å². The summed E-state index contributed by atoms with van der Waals surface area (Å²) < 4.78 is 1.85. The molecule has 0 unspecified atom stereocenters. The fraction of sp³-hybridized carbons (Fsp3) is 0.625. The Bertz CT molecular complexity index is 739. The molecule has 1 N–H and O–H groups in total. The van der Waals surface area contributed by atoms with Crippen molar-refractivity contribution >= 4 is 17.5 Å². The number of nitrogens with zero attached hydrogens (tertiary/aromatic N) is 5. The first-order valence-electron chi connectivity index (χ1n) is 8.52. The number of aryl methyl sites for hydroxylation is 1. The van der Waals surface area contributed by atoms with E-state index in [1.54, 1.807) is 6.33 Å². The van der Waals surface area contributed by atoms with Crippen molar-refractivity contribution in [2.24, 2.45) is 5.92 Å². The minimum Gasteiger partial charge on any atom is -0.356 e. The van der Waals surface area contributed by atoms with E-state index in [2.05, 4.69) is 25.3 Å². The van der Waals surface area contributed by atoms with Gasteiger partial charge in [0, 0.05) is 25.2 Å². The summed E-state index contributed by atoms with van der Waals surface area (Å²) in [5.74, 6) is 1.99. The van der Waals surface area contributed by atoms with Crippen LogP contribution in [0, 0.1) is 5.92 Å². The standard InChI is InChI=1S/C16H22N6O/c1-2-17-14(23)11-5-4-8-21(9-11)15-12-6-3-7-13(12)20-16-18-10-19-22(15)16/h10-11H,2-9H2,1H3,(H,17,23)/t11-/m0/s1. The second-order valence-corrected chi connectivity index (χ2v) is 6.37. The molecule has 1 fully saturated rings. The number of hydrogen-bond donors (Lipinski definition) is 1. The number of rotatable bonds is 3. The number of carbonyl (C=O) groups excluding carboxylic acids is 1. The molecule has 0 aromatic carbocycles. The molecule has 7 heteroatoms. The molecule has 0 saturated carbocycles. The highest BCUT2D eigenvalue weighted by Crippen LogP contribution is 2.32. The van der Waals surface area contributed by atoms with E-state index < -0.39 is 0 Å². The van der Waals surface area contributed by atoms with E-state index in [0.29, 0.717) is 12.3 Å². The topological polar surface area (TPSA) is 75.4 Å². The average molecular weight is 314 g/mol. The molecule has 2 aliphatic rings. The van der Waals surface area contributed by atoms with Crippen molar-refractivity contribution in [2.45, 2.75) is 39.0 Å². The van der Waals surface area contributed by atoms with Crippen molar-refractivity contribution in [1.29, 1.82) is 0 Å². The van der Waals surface area contributed by atoms with Gasteiger partial charge >= 0.3 is 0 Å². The molecule has 1 aliphatic carbocycles. The van der Waals surface area contributed by atoms with Crippen LogP contribution in [0.1, 0.15) is 37.4 Å². The van der Waals surface area contributed by atoms with Crippen LogP contribution in [0.15, 0.2) is 6.33 Å². The summed E-state index contributed by atoms with van der Waals surface area (Å²) in [6.07, 6.45) is 6.72. The van der Waals surface area contributed by atoms with E-state index >= 15 is 0 Å².